The van der Waals surface area contributed by atoms with Gasteiger partial charge in [-0.05, 0) is 22.3 Å². The number of amides is 1. The van der Waals surface area contributed by atoms with Crippen LogP contribution in [0.5, 0.6) is 0 Å². The fourth-order valence-electron chi connectivity index (χ4n) is 4.05. The van der Waals surface area contributed by atoms with Gasteiger partial charge in [0.1, 0.15) is 12.6 Å². The van der Waals surface area contributed by atoms with E-state index < -0.39 is 24.2 Å². The molecule has 140 valence electrons. The Hall–Kier alpha value is -2.86. The number of β-amino-alcohol motifs (C(OH)–C–C–N with tert-alkyl or cyclic N) is 1. The molecule has 2 aliphatic rings. The van der Waals surface area contributed by atoms with Gasteiger partial charge in [0.15, 0.2) is 0 Å². The van der Waals surface area contributed by atoms with Crippen molar-refractivity contribution < 1.29 is 24.2 Å². The topological polar surface area (TPSA) is 76.1 Å². The van der Waals surface area contributed by atoms with Crippen molar-refractivity contribution in [1.29, 1.82) is 0 Å². The Morgan fingerprint density at radius 2 is 1.67 bits per heavy atom. The molecular formula is C21H21NO5. The third-order valence-corrected chi connectivity index (χ3v) is 5.32. The summed E-state index contributed by atoms with van der Waals surface area (Å²) in [4.78, 5) is 25.7. The largest absolute Gasteiger partial charge is 0.467 e. The standard InChI is InChI=1S/C21H21NO5/c1-26-20(24)19-10-13(23)11-22(19)21(25)27-12-18-16-8-4-2-6-14(16)15-7-3-5-9-17(15)18/h2-9,13,18-19,23H,10-12H2,1H3/t13-,19+/m1/s1. The van der Waals surface area contributed by atoms with Crippen molar-refractivity contribution in [2.24, 2.45) is 0 Å². The average molecular weight is 367 g/mol. The third kappa shape index (κ3) is 3.06. The highest BCUT2D eigenvalue weighted by Gasteiger charge is 2.41. The number of hydrogen-bond donors (Lipinski definition) is 1. The number of carbonyl (C=O) groups is 2. The second kappa shape index (κ2) is 7.04. The maximum atomic E-state index is 12.6. The summed E-state index contributed by atoms with van der Waals surface area (Å²) in [6.45, 7) is 0.240. The SMILES string of the molecule is COC(=O)[C@@H]1C[C@@H](O)CN1C(=O)OCC1c2ccccc2-c2ccccc21. The van der Waals surface area contributed by atoms with Crippen LogP contribution in [0.25, 0.3) is 11.1 Å². The van der Waals surface area contributed by atoms with Gasteiger partial charge in [0.2, 0.25) is 0 Å². The van der Waals surface area contributed by atoms with Crippen molar-refractivity contribution in [2.75, 3.05) is 20.3 Å². The molecule has 1 aliphatic heterocycles. The molecule has 27 heavy (non-hydrogen) atoms. The van der Waals surface area contributed by atoms with Crippen molar-refractivity contribution in [3.63, 3.8) is 0 Å². The summed E-state index contributed by atoms with van der Waals surface area (Å²) >= 11 is 0. The summed E-state index contributed by atoms with van der Waals surface area (Å²) < 4.78 is 10.3. The molecule has 0 spiro atoms. The minimum Gasteiger partial charge on any atom is -0.467 e. The summed E-state index contributed by atoms with van der Waals surface area (Å²) in [6.07, 6.45) is -1.20. The van der Waals surface area contributed by atoms with Crippen molar-refractivity contribution in [3.8, 4) is 11.1 Å². The molecule has 1 amide bonds. The van der Waals surface area contributed by atoms with Gasteiger partial charge in [-0.2, -0.15) is 0 Å². The van der Waals surface area contributed by atoms with Gasteiger partial charge < -0.3 is 14.6 Å². The zero-order valence-electron chi connectivity index (χ0n) is 15.0. The zero-order valence-corrected chi connectivity index (χ0v) is 15.0. The Bertz CT molecular complexity index is 835. The first kappa shape index (κ1) is 17.5. The number of methoxy groups -OCH3 is 1. The minimum atomic E-state index is -0.805. The molecule has 6 heteroatoms. The van der Waals surface area contributed by atoms with Gasteiger partial charge in [0.05, 0.1) is 19.8 Å². The van der Waals surface area contributed by atoms with E-state index in [4.69, 9.17) is 9.47 Å². The Morgan fingerprint density at radius 3 is 2.26 bits per heavy atom. The van der Waals surface area contributed by atoms with E-state index in [9.17, 15) is 14.7 Å². The summed E-state index contributed by atoms with van der Waals surface area (Å²) in [7, 11) is 1.27. The van der Waals surface area contributed by atoms with Crippen molar-refractivity contribution >= 4 is 12.1 Å². The molecule has 0 unspecified atom stereocenters. The van der Waals surface area contributed by atoms with Crippen LogP contribution in [0.3, 0.4) is 0 Å². The van der Waals surface area contributed by atoms with Crippen LogP contribution in [0.1, 0.15) is 23.5 Å². The predicted octanol–water partition coefficient (Wildman–Crippen LogP) is 2.54. The monoisotopic (exact) mass is 367 g/mol. The molecule has 2 aromatic carbocycles. The highest BCUT2D eigenvalue weighted by atomic mass is 16.6. The Morgan fingerprint density at radius 1 is 1.07 bits per heavy atom. The lowest BCUT2D eigenvalue weighted by atomic mass is 9.98. The lowest BCUT2D eigenvalue weighted by Crippen LogP contribution is -2.41. The molecule has 1 aliphatic carbocycles. The third-order valence-electron chi connectivity index (χ3n) is 5.32. The van der Waals surface area contributed by atoms with Crippen molar-refractivity contribution in [1.82, 2.24) is 4.90 Å². The number of benzene rings is 2. The van der Waals surface area contributed by atoms with Gasteiger partial charge in [0, 0.05) is 12.3 Å². The number of hydrogen-bond acceptors (Lipinski definition) is 5. The van der Waals surface area contributed by atoms with E-state index in [1.165, 1.54) is 12.0 Å². The van der Waals surface area contributed by atoms with Crippen molar-refractivity contribution in [2.45, 2.75) is 24.5 Å². The van der Waals surface area contributed by atoms with Gasteiger partial charge in [0.25, 0.3) is 0 Å². The average Bonchev–Trinajstić information content (AvgIpc) is 3.24. The van der Waals surface area contributed by atoms with E-state index in [0.717, 1.165) is 22.3 Å². The Balaban J connectivity index is 1.52. The number of rotatable bonds is 3. The first-order valence-electron chi connectivity index (χ1n) is 8.97. The number of nitrogens with zero attached hydrogens (tertiary/aromatic N) is 1. The molecule has 1 heterocycles. The molecule has 2 atom stereocenters. The number of ether oxygens (including phenoxy) is 2. The first-order chi connectivity index (χ1) is 13.1. The van der Waals surface area contributed by atoms with E-state index in [0.29, 0.717) is 0 Å². The molecule has 4 rings (SSSR count). The van der Waals surface area contributed by atoms with E-state index in [1.54, 1.807) is 0 Å². The molecule has 6 nitrogen and oxygen atoms in total. The normalized spacial score (nSPS) is 20.9. The van der Waals surface area contributed by atoms with Gasteiger partial charge in [-0.25, -0.2) is 9.59 Å². The number of likely N-dealkylation sites (tertiary alicyclic amines) is 1. The van der Waals surface area contributed by atoms with Crippen LogP contribution in [0.4, 0.5) is 4.79 Å². The van der Waals surface area contributed by atoms with Crippen LogP contribution in [0.15, 0.2) is 48.5 Å². The summed E-state index contributed by atoms with van der Waals surface area (Å²) in [5.41, 5.74) is 4.55. The number of carbonyl (C=O) groups excluding carboxylic acids is 2. The van der Waals surface area contributed by atoms with Gasteiger partial charge in [-0.3, -0.25) is 4.90 Å². The predicted molar refractivity (Wildman–Crippen MR) is 98.2 cm³/mol. The Kier molecular flexibility index (Phi) is 4.58. The fraction of sp³-hybridized carbons (Fsp3) is 0.333. The molecule has 0 bridgehead atoms. The van der Waals surface area contributed by atoms with Crippen LogP contribution in [-0.2, 0) is 14.3 Å². The summed E-state index contributed by atoms with van der Waals surface area (Å²) in [6, 6.07) is 15.4. The molecule has 2 aromatic rings. The maximum absolute atomic E-state index is 12.6. The second-order valence-electron chi connectivity index (χ2n) is 6.88. The van der Waals surface area contributed by atoms with Crippen LogP contribution in [-0.4, -0.2) is 54.5 Å². The van der Waals surface area contributed by atoms with Gasteiger partial charge >= 0.3 is 12.1 Å². The lowest BCUT2D eigenvalue weighted by Gasteiger charge is -2.23. The van der Waals surface area contributed by atoms with E-state index >= 15 is 0 Å². The number of esters is 1. The first-order valence-corrected chi connectivity index (χ1v) is 8.97. The second-order valence-corrected chi connectivity index (χ2v) is 6.88. The van der Waals surface area contributed by atoms with E-state index in [-0.39, 0.29) is 25.5 Å². The smallest absolute Gasteiger partial charge is 0.410 e. The molecule has 1 N–H and O–H groups in total. The van der Waals surface area contributed by atoms with E-state index in [2.05, 4.69) is 12.1 Å². The summed E-state index contributed by atoms with van der Waals surface area (Å²) in [5, 5.41) is 9.85. The van der Waals surface area contributed by atoms with Crippen molar-refractivity contribution in [3.05, 3.63) is 59.7 Å². The number of aliphatic hydroxyl groups is 1. The molecular weight excluding hydrogens is 346 g/mol. The number of aliphatic hydroxyl groups excluding tert-OH is 1. The maximum Gasteiger partial charge on any atom is 0.410 e. The Labute approximate surface area is 157 Å². The van der Waals surface area contributed by atoms with Gasteiger partial charge in [-0.15, -0.1) is 0 Å². The molecule has 1 fully saturated rings. The summed E-state index contributed by atoms with van der Waals surface area (Å²) in [5.74, 6) is -0.592. The van der Waals surface area contributed by atoms with Crippen LogP contribution in [0.2, 0.25) is 0 Å². The number of fused-ring (bicyclic) bond motifs is 3. The highest BCUT2D eigenvalue weighted by molar-refractivity contribution is 5.82. The minimum absolute atomic E-state index is 0.0505. The molecule has 1 saturated heterocycles. The van der Waals surface area contributed by atoms with E-state index in [1.807, 2.05) is 36.4 Å². The lowest BCUT2D eigenvalue weighted by molar-refractivity contribution is -0.145. The molecule has 0 aromatic heterocycles. The van der Waals surface area contributed by atoms with Crippen LogP contribution < -0.4 is 0 Å². The quantitative estimate of drug-likeness (QED) is 0.844. The zero-order chi connectivity index (χ0) is 19.0. The molecule has 0 radical (unpaired) electrons. The van der Waals surface area contributed by atoms with Gasteiger partial charge in [-0.1, -0.05) is 48.5 Å². The molecule has 0 saturated carbocycles. The fourth-order valence-corrected chi connectivity index (χ4v) is 4.05. The van der Waals surface area contributed by atoms with Crippen LogP contribution >= 0.6 is 0 Å². The highest BCUT2D eigenvalue weighted by Crippen LogP contribution is 2.44. The van der Waals surface area contributed by atoms with Crippen LogP contribution in [0, 0.1) is 0 Å².